The lowest BCUT2D eigenvalue weighted by Gasteiger charge is -2.06. The maximum absolute atomic E-state index is 5.91. The van der Waals surface area contributed by atoms with Gasteiger partial charge in [-0.25, -0.2) is 9.97 Å². The molecule has 3 aromatic heterocycles. The van der Waals surface area contributed by atoms with Crippen LogP contribution in [0.2, 0.25) is 0 Å². The molecule has 3 heterocycles. The topological polar surface area (TPSA) is 55.9 Å². The maximum atomic E-state index is 5.91. The summed E-state index contributed by atoms with van der Waals surface area (Å²) in [5.41, 5.74) is 1.15. The lowest BCUT2D eigenvalue weighted by atomic mass is 10.2. The van der Waals surface area contributed by atoms with Crippen molar-refractivity contribution in [2.75, 3.05) is 0 Å². The summed E-state index contributed by atoms with van der Waals surface area (Å²) in [7, 11) is 0. The normalized spacial score (nSPS) is 19.6. The Morgan fingerprint density at radius 2 is 2.08 bits per heavy atom. The highest BCUT2D eigenvalue weighted by molar-refractivity contribution is 5.27. The van der Waals surface area contributed by atoms with Crippen molar-refractivity contribution in [1.82, 2.24) is 19.9 Å². The molecule has 1 aliphatic carbocycles. The number of hydrogen-bond acceptors (Lipinski definition) is 4. The van der Waals surface area contributed by atoms with E-state index >= 15 is 0 Å². The van der Waals surface area contributed by atoms with Gasteiger partial charge >= 0.3 is 0 Å². The van der Waals surface area contributed by atoms with E-state index in [1.54, 1.807) is 6.20 Å². The summed E-state index contributed by atoms with van der Waals surface area (Å²) in [6, 6.07) is 8.31. The van der Waals surface area contributed by atoms with Crippen LogP contribution in [0.25, 0.3) is 5.82 Å². The van der Waals surface area contributed by atoms with Gasteiger partial charge in [-0.05, 0) is 43.0 Å². The molecule has 0 saturated heterocycles. The van der Waals surface area contributed by atoms with Gasteiger partial charge in [0.05, 0.1) is 6.54 Å². The summed E-state index contributed by atoms with van der Waals surface area (Å²) < 4.78 is 7.88. The summed E-state index contributed by atoms with van der Waals surface area (Å²) >= 11 is 0. The Morgan fingerprint density at radius 3 is 2.75 bits per heavy atom. The monoisotopic (exact) mass is 322 g/mol. The Labute approximate surface area is 141 Å². The van der Waals surface area contributed by atoms with Gasteiger partial charge in [0.15, 0.2) is 0 Å². The average Bonchev–Trinajstić information content (AvgIpc) is 2.99. The molecular formula is C19H22N4O. The van der Waals surface area contributed by atoms with Crippen LogP contribution in [-0.2, 0) is 13.1 Å². The Bertz CT molecular complexity index is 818. The molecule has 0 bridgehead atoms. The first-order chi connectivity index (χ1) is 11.7. The van der Waals surface area contributed by atoms with E-state index in [1.807, 2.05) is 30.0 Å². The molecular weight excluding hydrogens is 300 g/mol. The molecule has 0 aliphatic heterocycles. The summed E-state index contributed by atoms with van der Waals surface area (Å²) in [5.74, 6) is 5.39. The van der Waals surface area contributed by atoms with Crippen molar-refractivity contribution < 1.29 is 4.42 Å². The Morgan fingerprint density at radius 1 is 1.21 bits per heavy atom. The molecule has 4 rings (SSSR count). The van der Waals surface area contributed by atoms with E-state index in [4.69, 9.17) is 4.42 Å². The van der Waals surface area contributed by atoms with Gasteiger partial charge in [-0.2, -0.15) is 0 Å². The van der Waals surface area contributed by atoms with E-state index in [0.717, 1.165) is 47.7 Å². The zero-order valence-electron chi connectivity index (χ0n) is 14.1. The zero-order valence-corrected chi connectivity index (χ0v) is 14.1. The van der Waals surface area contributed by atoms with Crippen LogP contribution in [0.1, 0.15) is 42.2 Å². The van der Waals surface area contributed by atoms with Crippen LogP contribution < -0.4 is 5.32 Å². The number of nitrogens with one attached hydrogen (secondary N) is 1. The molecule has 0 radical (unpaired) electrons. The summed E-state index contributed by atoms with van der Waals surface area (Å²) in [6.45, 7) is 5.75. The van der Waals surface area contributed by atoms with E-state index in [-0.39, 0.29) is 0 Å². The minimum absolute atomic E-state index is 0.641. The molecule has 1 fully saturated rings. The van der Waals surface area contributed by atoms with Crippen LogP contribution in [0.5, 0.6) is 0 Å². The van der Waals surface area contributed by atoms with Crippen LogP contribution in [0.15, 0.2) is 47.3 Å². The van der Waals surface area contributed by atoms with Gasteiger partial charge in [-0.15, -0.1) is 0 Å². The van der Waals surface area contributed by atoms with Crippen LogP contribution in [-0.4, -0.2) is 14.5 Å². The largest absolute Gasteiger partial charge is 0.464 e. The standard InChI is InChI=1S/C19H22N4O/c1-13-9-17(13)18-5-4-16(24-18)12-20-10-15-3-6-19(22-11-15)23-8-7-21-14(23)2/h3-8,11,13,17,20H,9-10,12H2,1-2H3. The number of furan rings is 1. The number of nitrogens with zero attached hydrogens (tertiary/aromatic N) is 3. The highest BCUT2D eigenvalue weighted by atomic mass is 16.3. The maximum Gasteiger partial charge on any atom is 0.137 e. The third-order valence-corrected chi connectivity index (χ3v) is 4.67. The van der Waals surface area contributed by atoms with Crippen LogP contribution >= 0.6 is 0 Å². The first-order valence-corrected chi connectivity index (χ1v) is 8.45. The first kappa shape index (κ1) is 15.1. The highest BCUT2D eigenvalue weighted by Gasteiger charge is 2.36. The molecule has 24 heavy (non-hydrogen) atoms. The predicted molar refractivity (Wildman–Crippen MR) is 91.9 cm³/mol. The number of aryl methyl sites for hydroxylation is 1. The van der Waals surface area contributed by atoms with Gasteiger partial charge in [0.25, 0.3) is 0 Å². The van der Waals surface area contributed by atoms with Crippen molar-refractivity contribution in [3.05, 3.63) is 65.8 Å². The second-order valence-electron chi connectivity index (χ2n) is 6.60. The summed E-state index contributed by atoms with van der Waals surface area (Å²) in [4.78, 5) is 8.73. The molecule has 2 unspecified atom stereocenters. The molecule has 0 amide bonds. The van der Waals surface area contributed by atoms with E-state index in [9.17, 15) is 0 Å². The van der Waals surface area contributed by atoms with E-state index in [0.29, 0.717) is 5.92 Å². The SMILES string of the molecule is Cc1nccn1-c1ccc(CNCc2ccc(C3CC3C)o2)cn1. The lowest BCUT2D eigenvalue weighted by molar-refractivity contribution is 0.444. The number of imidazole rings is 1. The van der Waals surface area contributed by atoms with Crippen molar-refractivity contribution in [2.45, 2.75) is 39.3 Å². The third kappa shape index (κ3) is 3.12. The van der Waals surface area contributed by atoms with Crippen LogP contribution in [0.3, 0.4) is 0 Å². The molecule has 5 nitrogen and oxygen atoms in total. The smallest absolute Gasteiger partial charge is 0.137 e. The molecule has 5 heteroatoms. The third-order valence-electron chi connectivity index (χ3n) is 4.67. The molecule has 0 aromatic carbocycles. The van der Waals surface area contributed by atoms with Gasteiger partial charge in [0.1, 0.15) is 23.2 Å². The highest BCUT2D eigenvalue weighted by Crippen LogP contribution is 2.47. The van der Waals surface area contributed by atoms with E-state index in [2.05, 4.69) is 40.4 Å². The Kier molecular flexibility index (Phi) is 3.94. The number of hydrogen-bond donors (Lipinski definition) is 1. The molecule has 124 valence electrons. The van der Waals surface area contributed by atoms with Crippen molar-refractivity contribution in [1.29, 1.82) is 0 Å². The van der Waals surface area contributed by atoms with Crippen molar-refractivity contribution >= 4 is 0 Å². The summed E-state index contributed by atoms with van der Waals surface area (Å²) in [5, 5.41) is 3.41. The molecule has 0 spiro atoms. The molecule has 1 N–H and O–H groups in total. The van der Waals surface area contributed by atoms with Gasteiger partial charge in [-0.3, -0.25) is 4.57 Å². The molecule has 1 saturated carbocycles. The van der Waals surface area contributed by atoms with Gasteiger partial charge in [-0.1, -0.05) is 13.0 Å². The van der Waals surface area contributed by atoms with E-state index < -0.39 is 0 Å². The summed E-state index contributed by atoms with van der Waals surface area (Å²) in [6.07, 6.45) is 6.87. The van der Waals surface area contributed by atoms with Gasteiger partial charge in [0.2, 0.25) is 0 Å². The van der Waals surface area contributed by atoms with Crippen molar-refractivity contribution in [3.8, 4) is 5.82 Å². The van der Waals surface area contributed by atoms with Gasteiger partial charge < -0.3 is 9.73 Å². The van der Waals surface area contributed by atoms with Gasteiger partial charge in [0, 0.05) is 31.1 Å². The fourth-order valence-corrected chi connectivity index (χ4v) is 3.02. The fourth-order valence-electron chi connectivity index (χ4n) is 3.02. The number of pyridine rings is 1. The second-order valence-corrected chi connectivity index (χ2v) is 6.60. The minimum Gasteiger partial charge on any atom is -0.464 e. The van der Waals surface area contributed by atoms with Crippen LogP contribution in [0.4, 0.5) is 0 Å². The lowest BCUT2D eigenvalue weighted by Crippen LogP contribution is -2.12. The molecule has 1 aliphatic rings. The second kappa shape index (κ2) is 6.24. The van der Waals surface area contributed by atoms with Crippen molar-refractivity contribution in [3.63, 3.8) is 0 Å². The zero-order chi connectivity index (χ0) is 16.5. The average molecular weight is 322 g/mol. The first-order valence-electron chi connectivity index (χ1n) is 8.45. The van der Waals surface area contributed by atoms with Crippen LogP contribution in [0, 0.1) is 12.8 Å². The molecule has 3 aromatic rings. The molecule has 2 atom stereocenters. The Hall–Kier alpha value is -2.40. The van der Waals surface area contributed by atoms with Crippen molar-refractivity contribution in [2.24, 2.45) is 5.92 Å². The Balaban J connectivity index is 1.31. The predicted octanol–water partition coefficient (Wildman–Crippen LogP) is 3.58. The quantitative estimate of drug-likeness (QED) is 0.753. The van der Waals surface area contributed by atoms with E-state index in [1.165, 1.54) is 6.42 Å². The minimum atomic E-state index is 0.641. The fraction of sp³-hybridized carbons (Fsp3) is 0.368. The number of rotatable bonds is 6. The number of aromatic nitrogens is 3.